The quantitative estimate of drug-likeness (QED) is 0.144. The van der Waals surface area contributed by atoms with E-state index < -0.39 is 0 Å². The predicted molar refractivity (Wildman–Crippen MR) is 130 cm³/mol. The molecule has 1 aromatic heterocycles. The van der Waals surface area contributed by atoms with Gasteiger partial charge in [-0.05, 0) is 28.8 Å². The Bertz CT molecular complexity index is 1190. The summed E-state index contributed by atoms with van der Waals surface area (Å²) in [4.78, 5) is 13.1. The van der Waals surface area contributed by atoms with E-state index in [1.54, 1.807) is 23.9 Å². The highest BCUT2D eigenvalue weighted by molar-refractivity contribution is 8.00. The number of thioether (sulfide) groups is 1. The van der Waals surface area contributed by atoms with Crippen LogP contribution in [0, 0.1) is 0 Å². The molecule has 3 aromatic carbocycles. The number of anilines is 1. The van der Waals surface area contributed by atoms with E-state index >= 15 is 0 Å². The zero-order chi connectivity index (χ0) is 21.5. The molecule has 0 bridgehead atoms. The largest absolute Gasteiger partial charge is 0.296 e. The van der Waals surface area contributed by atoms with Gasteiger partial charge in [-0.3, -0.25) is 10.1 Å². The Labute approximate surface area is 194 Å². The number of carbonyl (C=O) groups excluding carboxylic acids is 1. The third kappa shape index (κ3) is 5.82. The lowest BCUT2D eigenvalue weighted by Crippen LogP contribution is -2.13. The van der Waals surface area contributed by atoms with Crippen LogP contribution in [0.15, 0.2) is 89.3 Å². The molecule has 1 heterocycles. The van der Waals surface area contributed by atoms with Crippen molar-refractivity contribution in [1.29, 1.82) is 0 Å². The minimum Gasteiger partial charge on any atom is -0.296 e. The molecule has 0 aliphatic heterocycles. The molecule has 0 saturated heterocycles. The van der Waals surface area contributed by atoms with Crippen LogP contribution in [0.4, 0.5) is 5.13 Å². The second kappa shape index (κ2) is 10.4. The van der Waals surface area contributed by atoms with Crippen LogP contribution in [-0.4, -0.2) is 16.1 Å². The fourth-order valence-corrected chi connectivity index (χ4v) is 4.74. The maximum atomic E-state index is 13.1. The average molecular weight is 464 g/mol. The third-order valence-corrected chi connectivity index (χ3v) is 6.75. The first-order valence-corrected chi connectivity index (χ1v) is 11.7. The zero-order valence-electron chi connectivity index (χ0n) is 16.4. The van der Waals surface area contributed by atoms with Crippen LogP contribution in [-0.2, 0) is 10.5 Å². The van der Waals surface area contributed by atoms with Crippen LogP contribution in [0.5, 0.6) is 0 Å². The minimum atomic E-state index is -0.262. The molecule has 1 amide bonds. The predicted octanol–water partition coefficient (Wildman–Crippen LogP) is 6.66. The lowest BCUT2D eigenvalue weighted by Gasteiger charge is -2.08. The molecule has 4 aromatic rings. The molecular weight excluding hydrogens is 446 g/mol. The van der Waals surface area contributed by atoms with E-state index in [1.807, 2.05) is 66.7 Å². The molecule has 0 aliphatic carbocycles. The molecule has 0 fully saturated rings. The van der Waals surface area contributed by atoms with Gasteiger partial charge >= 0.3 is 0 Å². The van der Waals surface area contributed by atoms with Crippen LogP contribution in [0.2, 0.25) is 5.02 Å². The van der Waals surface area contributed by atoms with Crippen LogP contribution < -0.4 is 5.32 Å². The molecule has 0 aliphatic rings. The second-order valence-electron chi connectivity index (χ2n) is 6.55. The van der Waals surface area contributed by atoms with Gasteiger partial charge in [0, 0.05) is 16.3 Å². The summed E-state index contributed by atoms with van der Waals surface area (Å²) in [5, 5.41) is 12.2. The molecule has 0 radical (unpaired) electrons. The van der Waals surface area contributed by atoms with Crippen molar-refractivity contribution < 1.29 is 4.79 Å². The molecule has 31 heavy (non-hydrogen) atoms. The summed E-state index contributed by atoms with van der Waals surface area (Å²) in [6.07, 6.45) is 1.79. The monoisotopic (exact) mass is 463 g/mol. The van der Waals surface area contributed by atoms with Gasteiger partial charge in [-0.15, -0.1) is 10.2 Å². The van der Waals surface area contributed by atoms with Crippen molar-refractivity contribution in [3.8, 4) is 0 Å². The van der Waals surface area contributed by atoms with E-state index in [2.05, 4.69) is 27.6 Å². The Kier molecular flexibility index (Phi) is 7.14. The molecular formula is C24H18ClN3OS2. The molecule has 154 valence electrons. The number of hydrogen-bond donors (Lipinski definition) is 1. The van der Waals surface area contributed by atoms with Gasteiger partial charge in [-0.1, -0.05) is 114 Å². The van der Waals surface area contributed by atoms with Crippen molar-refractivity contribution in [2.45, 2.75) is 10.1 Å². The summed E-state index contributed by atoms with van der Waals surface area (Å²) >= 11 is 9.26. The highest BCUT2D eigenvalue weighted by Crippen LogP contribution is 2.30. The number of nitrogens with one attached hydrogen (secondary N) is 1. The SMILES string of the molecule is O=C(Nc1nnc(SCc2ccccc2)s1)/C(=C/c1ccccc1Cl)c1ccccc1. The van der Waals surface area contributed by atoms with Gasteiger partial charge in [0.05, 0.1) is 0 Å². The molecule has 4 nitrogen and oxygen atoms in total. The van der Waals surface area contributed by atoms with Crippen molar-refractivity contribution in [3.05, 3.63) is 107 Å². The summed E-state index contributed by atoms with van der Waals surface area (Å²) in [5.41, 5.74) is 3.28. The lowest BCUT2D eigenvalue weighted by atomic mass is 10.0. The van der Waals surface area contributed by atoms with Gasteiger partial charge in [0.2, 0.25) is 5.13 Å². The van der Waals surface area contributed by atoms with Gasteiger partial charge in [0.25, 0.3) is 5.91 Å². The average Bonchev–Trinajstić information content (AvgIpc) is 3.25. The number of hydrogen-bond acceptors (Lipinski definition) is 5. The third-order valence-electron chi connectivity index (χ3n) is 4.37. The van der Waals surface area contributed by atoms with E-state index in [0.29, 0.717) is 15.7 Å². The topological polar surface area (TPSA) is 54.9 Å². The zero-order valence-corrected chi connectivity index (χ0v) is 18.8. The molecule has 0 atom stereocenters. The molecule has 4 rings (SSSR count). The number of amides is 1. The number of aromatic nitrogens is 2. The first kappa shape index (κ1) is 21.3. The summed E-state index contributed by atoms with van der Waals surface area (Å²) in [7, 11) is 0. The first-order chi connectivity index (χ1) is 15.2. The van der Waals surface area contributed by atoms with Gasteiger partial charge in [0.1, 0.15) is 0 Å². The highest BCUT2D eigenvalue weighted by Gasteiger charge is 2.16. The number of nitrogens with zero attached hydrogens (tertiary/aromatic N) is 2. The standard InChI is InChI=1S/C24H18ClN3OS2/c25-21-14-8-7-13-19(21)15-20(18-11-5-2-6-12-18)22(29)26-23-27-28-24(31-23)30-16-17-9-3-1-4-10-17/h1-15H,16H2,(H,26,27,29)/b20-15+. The Hall–Kier alpha value is -2.93. The number of benzene rings is 3. The van der Waals surface area contributed by atoms with Crippen molar-refractivity contribution >= 4 is 57.4 Å². The summed E-state index contributed by atoms with van der Waals surface area (Å²) in [6.45, 7) is 0. The molecule has 0 unspecified atom stereocenters. The second-order valence-corrected chi connectivity index (χ2v) is 9.15. The molecule has 7 heteroatoms. The van der Waals surface area contributed by atoms with Crippen LogP contribution >= 0.6 is 34.7 Å². The fourth-order valence-electron chi connectivity index (χ4n) is 2.85. The van der Waals surface area contributed by atoms with Gasteiger partial charge in [0.15, 0.2) is 4.34 Å². The van der Waals surface area contributed by atoms with Crippen molar-refractivity contribution in [1.82, 2.24) is 10.2 Å². The van der Waals surface area contributed by atoms with Crippen molar-refractivity contribution in [2.24, 2.45) is 0 Å². The summed E-state index contributed by atoms with van der Waals surface area (Å²) in [6, 6.07) is 27.1. The number of carbonyl (C=O) groups is 1. The Morgan fingerprint density at radius 3 is 2.35 bits per heavy atom. The van der Waals surface area contributed by atoms with Crippen LogP contribution in [0.1, 0.15) is 16.7 Å². The van der Waals surface area contributed by atoms with Gasteiger partial charge < -0.3 is 0 Å². The van der Waals surface area contributed by atoms with Crippen molar-refractivity contribution in [3.63, 3.8) is 0 Å². The molecule has 1 N–H and O–H groups in total. The normalized spacial score (nSPS) is 11.3. The van der Waals surface area contributed by atoms with E-state index in [-0.39, 0.29) is 5.91 Å². The fraction of sp³-hybridized carbons (Fsp3) is 0.0417. The lowest BCUT2D eigenvalue weighted by molar-refractivity contribution is -0.111. The number of halogens is 1. The molecule has 0 saturated carbocycles. The van der Waals surface area contributed by atoms with E-state index in [0.717, 1.165) is 21.2 Å². The van der Waals surface area contributed by atoms with Gasteiger partial charge in [-0.2, -0.15) is 0 Å². The Balaban J connectivity index is 1.52. The molecule has 0 spiro atoms. The van der Waals surface area contributed by atoms with Crippen LogP contribution in [0.3, 0.4) is 0 Å². The first-order valence-electron chi connectivity index (χ1n) is 9.52. The Morgan fingerprint density at radius 1 is 0.935 bits per heavy atom. The summed E-state index contributed by atoms with van der Waals surface area (Å²) in [5.74, 6) is 0.535. The minimum absolute atomic E-state index is 0.262. The smallest absolute Gasteiger partial charge is 0.258 e. The number of rotatable bonds is 7. The van der Waals surface area contributed by atoms with E-state index in [1.165, 1.54) is 16.9 Å². The Morgan fingerprint density at radius 2 is 1.61 bits per heavy atom. The maximum absolute atomic E-state index is 13.1. The van der Waals surface area contributed by atoms with Crippen LogP contribution in [0.25, 0.3) is 11.6 Å². The van der Waals surface area contributed by atoms with E-state index in [9.17, 15) is 4.79 Å². The van der Waals surface area contributed by atoms with Crippen molar-refractivity contribution in [2.75, 3.05) is 5.32 Å². The maximum Gasteiger partial charge on any atom is 0.258 e. The summed E-state index contributed by atoms with van der Waals surface area (Å²) < 4.78 is 0.801. The van der Waals surface area contributed by atoms with Gasteiger partial charge in [-0.25, -0.2) is 0 Å². The van der Waals surface area contributed by atoms with E-state index in [4.69, 9.17) is 11.6 Å². The highest BCUT2D eigenvalue weighted by atomic mass is 35.5.